The minimum Gasteiger partial charge on any atom is -0.481 e. The molecule has 6 heteroatoms. The Hall–Kier alpha value is -0.910. The molecule has 3 N–H and O–H groups in total. The van der Waals surface area contributed by atoms with E-state index in [0.29, 0.717) is 11.8 Å². The fourth-order valence-electron chi connectivity index (χ4n) is 1.38. The minimum absolute atomic E-state index is 0.000636. The van der Waals surface area contributed by atoms with E-state index in [-0.39, 0.29) is 18.5 Å². The zero-order chi connectivity index (χ0) is 14.1. The predicted molar refractivity (Wildman–Crippen MR) is 75.0 cm³/mol. The van der Waals surface area contributed by atoms with E-state index >= 15 is 0 Å². The second kappa shape index (κ2) is 9.08. The molecule has 2 atom stereocenters. The molecule has 2 unspecified atom stereocenters. The summed E-state index contributed by atoms with van der Waals surface area (Å²) in [6.07, 6.45) is 2.94. The number of nitrogens with one attached hydrogen (secondary N) is 2. The number of hydrogen-bond acceptors (Lipinski definition) is 3. The number of carboxylic acid groups (broad SMARTS) is 1. The van der Waals surface area contributed by atoms with Gasteiger partial charge in [-0.25, -0.2) is 4.79 Å². The Labute approximate surface area is 113 Å². The molecule has 0 aliphatic rings. The maximum absolute atomic E-state index is 11.4. The van der Waals surface area contributed by atoms with E-state index in [1.807, 2.05) is 20.1 Å². The van der Waals surface area contributed by atoms with Gasteiger partial charge in [-0.3, -0.25) is 4.79 Å². The van der Waals surface area contributed by atoms with Gasteiger partial charge in [-0.1, -0.05) is 20.8 Å². The largest absolute Gasteiger partial charge is 0.481 e. The number of hydrogen-bond donors (Lipinski definition) is 3. The zero-order valence-corrected chi connectivity index (χ0v) is 12.3. The molecule has 0 aromatic rings. The van der Waals surface area contributed by atoms with Crippen molar-refractivity contribution in [3.63, 3.8) is 0 Å². The van der Waals surface area contributed by atoms with Crippen molar-refractivity contribution in [2.45, 2.75) is 32.4 Å². The van der Waals surface area contributed by atoms with Gasteiger partial charge in [-0.15, -0.1) is 0 Å². The number of amides is 2. The van der Waals surface area contributed by atoms with E-state index in [1.54, 1.807) is 11.8 Å². The molecule has 106 valence electrons. The highest BCUT2D eigenvalue weighted by atomic mass is 32.2. The first kappa shape index (κ1) is 17.1. The van der Waals surface area contributed by atoms with E-state index in [9.17, 15) is 9.59 Å². The van der Waals surface area contributed by atoms with Gasteiger partial charge >= 0.3 is 12.0 Å². The van der Waals surface area contributed by atoms with Crippen LogP contribution in [0.1, 0.15) is 27.2 Å². The van der Waals surface area contributed by atoms with E-state index in [4.69, 9.17) is 5.11 Å². The van der Waals surface area contributed by atoms with Gasteiger partial charge in [-0.05, 0) is 18.6 Å². The fraction of sp³-hybridized carbons (Fsp3) is 0.833. The molecule has 0 saturated carbocycles. The highest BCUT2D eigenvalue weighted by molar-refractivity contribution is 7.99. The molecular formula is C12H24N2O3S. The van der Waals surface area contributed by atoms with Gasteiger partial charge in [0.2, 0.25) is 0 Å². The topological polar surface area (TPSA) is 78.4 Å². The summed E-state index contributed by atoms with van der Waals surface area (Å²) in [6, 6.07) is -0.296. The van der Waals surface area contributed by atoms with Crippen LogP contribution in [-0.2, 0) is 4.79 Å². The van der Waals surface area contributed by atoms with Gasteiger partial charge in [0.15, 0.2) is 0 Å². The third-order valence-electron chi connectivity index (χ3n) is 2.84. The molecule has 2 amide bonds. The van der Waals surface area contributed by atoms with Crippen LogP contribution in [0.5, 0.6) is 0 Å². The lowest BCUT2D eigenvalue weighted by Crippen LogP contribution is -2.41. The highest BCUT2D eigenvalue weighted by Crippen LogP contribution is 2.09. The molecule has 0 radical (unpaired) electrons. The number of carboxylic acids is 1. The SMILES string of the molecule is CSC(C)CCNC(=O)NCC(C(=O)O)C(C)C. The first-order valence-electron chi connectivity index (χ1n) is 6.15. The third-order valence-corrected chi connectivity index (χ3v) is 3.88. The Kier molecular flexibility index (Phi) is 8.62. The van der Waals surface area contributed by atoms with Crippen molar-refractivity contribution in [2.24, 2.45) is 11.8 Å². The van der Waals surface area contributed by atoms with Crippen LogP contribution in [0.4, 0.5) is 4.79 Å². The Balaban J connectivity index is 3.85. The summed E-state index contributed by atoms with van der Waals surface area (Å²) in [5, 5.41) is 14.8. The molecule has 18 heavy (non-hydrogen) atoms. The van der Waals surface area contributed by atoms with Crippen molar-refractivity contribution < 1.29 is 14.7 Å². The molecule has 0 bridgehead atoms. The number of rotatable bonds is 8. The highest BCUT2D eigenvalue weighted by Gasteiger charge is 2.21. The Morgan fingerprint density at radius 2 is 1.83 bits per heavy atom. The summed E-state index contributed by atoms with van der Waals surface area (Å²) in [6.45, 7) is 6.53. The average Bonchev–Trinajstić information content (AvgIpc) is 2.27. The van der Waals surface area contributed by atoms with Gasteiger partial charge < -0.3 is 15.7 Å². The summed E-state index contributed by atoms with van der Waals surface area (Å²) >= 11 is 1.75. The van der Waals surface area contributed by atoms with Crippen LogP contribution in [0.3, 0.4) is 0 Å². The van der Waals surface area contributed by atoms with Crippen LogP contribution >= 0.6 is 11.8 Å². The second-order valence-electron chi connectivity index (χ2n) is 4.66. The summed E-state index contributed by atoms with van der Waals surface area (Å²) in [5.41, 5.74) is 0. The first-order chi connectivity index (χ1) is 8.38. The number of aliphatic carboxylic acids is 1. The molecule has 0 aliphatic carbocycles. The van der Waals surface area contributed by atoms with E-state index in [0.717, 1.165) is 6.42 Å². The lowest BCUT2D eigenvalue weighted by Gasteiger charge is -2.17. The summed E-state index contributed by atoms with van der Waals surface area (Å²) in [7, 11) is 0. The van der Waals surface area contributed by atoms with Gasteiger partial charge in [-0.2, -0.15) is 11.8 Å². The standard InChI is InChI=1S/C12H24N2O3S/c1-8(2)10(11(15)16)7-14-12(17)13-6-5-9(3)18-4/h8-10H,5-7H2,1-4H3,(H,15,16)(H2,13,14,17). The van der Waals surface area contributed by atoms with Gasteiger partial charge in [0.1, 0.15) is 0 Å². The fourth-order valence-corrected chi connectivity index (χ4v) is 1.73. The number of urea groups is 1. The van der Waals surface area contributed by atoms with Crippen LogP contribution in [-0.4, -0.2) is 41.7 Å². The van der Waals surface area contributed by atoms with Crippen molar-refractivity contribution in [3.05, 3.63) is 0 Å². The third kappa shape index (κ3) is 7.42. The van der Waals surface area contributed by atoms with Gasteiger partial charge in [0.05, 0.1) is 5.92 Å². The molecule has 0 aromatic heterocycles. The lowest BCUT2D eigenvalue weighted by atomic mass is 9.96. The van der Waals surface area contributed by atoms with Crippen molar-refractivity contribution in [1.82, 2.24) is 10.6 Å². The number of thioether (sulfide) groups is 1. The molecule has 5 nitrogen and oxygen atoms in total. The number of carbonyl (C=O) groups is 2. The Morgan fingerprint density at radius 1 is 1.22 bits per heavy atom. The Bertz CT molecular complexity index is 272. The minimum atomic E-state index is -0.874. The van der Waals surface area contributed by atoms with Crippen molar-refractivity contribution in [2.75, 3.05) is 19.3 Å². The zero-order valence-electron chi connectivity index (χ0n) is 11.5. The van der Waals surface area contributed by atoms with E-state index in [2.05, 4.69) is 17.6 Å². The lowest BCUT2D eigenvalue weighted by molar-refractivity contribution is -0.142. The van der Waals surface area contributed by atoms with Crippen molar-refractivity contribution in [1.29, 1.82) is 0 Å². The van der Waals surface area contributed by atoms with Crippen LogP contribution < -0.4 is 10.6 Å². The summed E-state index contributed by atoms with van der Waals surface area (Å²) < 4.78 is 0. The summed E-state index contributed by atoms with van der Waals surface area (Å²) in [4.78, 5) is 22.4. The molecule has 0 aromatic carbocycles. The van der Waals surface area contributed by atoms with Crippen LogP contribution in [0, 0.1) is 11.8 Å². The normalized spacial score (nSPS) is 14.1. The smallest absolute Gasteiger partial charge is 0.314 e. The van der Waals surface area contributed by atoms with E-state index in [1.165, 1.54) is 0 Å². The van der Waals surface area contributed by atoms with E-state index < -0.39 is 11.9 Å². The van der Waals surface area contributed by atoms with Gasteiger partial charge in [0, 0.05) is 18.3 Å². The number of carbonyl (C=O) groups excluding carboxylic acids is 1. The van der Waals surface area contributed by atoms with Crippen LogP contribution in [0.15, 0.2) is 0 Å². The quantitative estimate of drug-likeness (QED) is 0.631. The van der Waals surface area contributed by atoms with Crippen LogP contribution in [0.2, 0.25) is 0 Å². The van der Waals surface area contributed by atoms with Crippen molar-refractivity contribution in [3.8, 4) is 0 Å². The molecule has 0 saturated heterocycles. The molecule has 0 heterocycles. The predicted octanol–water partition coefficient (Wildman–Crippen LogP) is 1.78. The molecule has 0 fully saturated rings. The average molecular weight is 276 g/mol. The molecule has 0 rings (SSSR count). The Morgan fingerprint density at radius 3 is 2.28 bits per heavy atom. The molecule has 0 spiro atoms. The monoisotopic (exact) mass is 276 g/mol. The molecule has 0 aliphatic heterocycles. The summed E-state index contributed by atoms with van der Waals surface area (Å²) in [5.74, 6) is -1.42. The van der Waals surface area contributed by atoms with Crippen molar-refractivity contribution >= 4 is 23.8 Å². The first-order valence-corrected chi connectivity index (χ1v) is 7.44. The molecular weight excluding hydrogens is 252 g/mol. The van der Waals surface area contributed by atoms with Crippen LogP contribution in [0.25, 0.3) is 0 Å². The van der Waals surface area contributed by atoms with Gasteiger partial charge in [0.25, 0.3) is 0 Å². The second-order valence-corrected chi connectivity index (χ2v) is 5.94. The maximum Gasteiger partial charge on any atom is 0.314 e. The maximum atomic E-state index is 11.4.